The van der Waals surface area contributed by atoms with E-state index in [1.165, 1.54) is 0 Å². The van der Waals surface area contributed by atoms with Gasteiger partial charge in [-0.05, 0) is 30.5 Å². The molecule has 1 saturated heterocycles. The number of aliphatic hydroxyl groups excluding tert-OH is 1. The summed E-state index contributed by atoms with van der Waals surface area (Å²) in [6.45, 7) is 2.93. The van der Waals surface area contributed by atoms with Crippen LogP contribution in [-0.4, -0.2) is 36.0 Å². The molecule has 1 aromatic carbocycles. The summed E-state index contributed by atoms with van der Waals surface area (Å²) in [5.41, 5.74) is 1.13. The van der Waals surface area contributed by atoms with E-state index in [2.05, 4.69) is 4.90 Å². The Hall–Kier alpha value is -0.970. The Bertz CT molecular complexity index is 444. The quantitative estimate of drug-likeness (QED) is 0.892. The normalized spacial score (nSPS) is 20.3. The number of likely N-dealkylation sites (tertiary alicyclic amines) is 1. The predicted octanol–water partition coefficient (Wildman–Crippen LogP) is 2.03. The summed E-state index contributed by atoms with van der Waals surface area (Å²) >= 11 is 6.15. The number of fused-ring (bicyclic) bond motifs is 1. The number of ether oxygens (including phenoxy) is 2. The SMILES string of the molecule is OC1CCN(Cc2cc(Cl)c3c(c2)OCO3)CC1. The summed E-state index contributed by atoms with van der Waals surface area (Å²) in [6, 6.07) is 3.92. The molecule has 2 aliphatic heterocycles. The van der Waals surface area contributed by atoms with Gasteiger partial charge in [0.1, 0.15) is 0 Å². The van der Waals surface area contributed by atoms with Crippen molar-refractivity contribution in [3.05, 3.63) is 22.7 Å². The second kappa shape index (κ2) is 4.96. The summed E-state index contributed by atoms with van der Waals surface area (Å²) in [5, 5.41) is 10.1. The number of benzene rings is 1. The van der Waals surface area contributed by atoms with E-state index in [4.69, 9.17) is 21.1 Å². The van der Waals surface area contributed by atoms with Gasteiger partial charge >= 0.3 is 0 Å². The second-order valence-electron chi connectivity index (χ2n) is 4.82. The molecule has 5 heteroatoms. The zero-order valence-corrected chi connectivity index (χ0v) is 10.8. The zero-order valence-electron chi connectivity index (χ0n) is 10.1. The van der Waals surface area contributed by atoms with Gasteiger partial charge in [-0.25, -0.2) is 0 Å². The molecule has 0 aliphatic carbocycles. The first-order chi connectivity index (χ1) is 8.72. The molecule has 3 rings (SSSR count). The maximum atomic E-state index is 9.48. The van der Waals surface area contributed by atoms with Gasteiger partial charge in [0.25, 0.3) is 0 Å². The zero-order chi connectivity index (χ0) is 12.5. The van der Waals surface area contributed by atoms with Gasteiger partial charge in [0.15, 0.2) is 11.5 Å². The van der Waals surface area contributed by atoms with Gasteiger partial charge in [0.2, 0.25) is 6.79 Å². The van der Waals surface area contributed by atoms with Crippen LogP contribution >= 0.6 is 11.6 Å². The maximum Gasteiger partial charge on any atom is 0.231 e. The fraction of sp³-hybridized carbons (Fsp3) is 0.538. The number of nitrogens with zero attached hydrogens (tertiary/aromatic N) is 1. The van der Waals surface area contributed by atoms with Crippen LogP contribution in [0, 0.1) is 0 Å². The molecule has 18 heavy (non-hydrogen) atoms. The van der Waals surface area contributed by atoms with Gasteiger partial charge in [0, 0.05) is 19.6 Å². The molecule has 0 bridgehead atoms. The van der Waals surface area contributed by atoms with Gasteiger partial charge in [0.05, 0.1) is 11.1 Å². The smallest absolute Gasteiger partial charge is 0.231 e. The molecule has 1 N–H and O–H groups in total. The molecule has 0 aromatic heterocycles. The highest BCUT2D eigenvalue weighted by Gasteiger charge is 2.21. The minimum atomic E-state index is -0.137. The molecule has 1 aromatic rings. The monoisotopic (exact) mass is 269 g/mol. The lowest BCUT2D eigenvalue weighted by atomic mass is 10.1. The van der Waals surface area contributed by atoms with Gasteiger partial charge in [-0.2, -0.15) is 0 Å². The Morgan fingerprint density at radius 1 is 1.28 bits per heavy atom. The molecular formula is C13H16ClNO3. The summed E-state index contributed by atoms with van der Waals surface area (Å²) in [6.07, 6.45) is 1.55. The number of rotatable bonds is 2. The average molecular weight is 270 g/mol. The van der Waals surface area contributed by atoms with Gasteiger partial charge in [-0.1, -0.05) is 11.6 Å². The third-order valence-electron chi connectivity index (χ3n) is 3.45. The van der Waals surface area contributed by atoms with Crippen molar-refractivity contribution >= 4 is 11.6 Å². The van der Waals surface area contributed by atoms with Crippen molar-refractivity contribution in [1.29, 1.82) is 0 Å². The molecule has 0 amide bonds. The lowest BCUT2D eigenvalue weighted by Gasteiger charge is -2.29. The van der Waals surface area contributed by atoms with Crippen molar-refractivity contribution in [1.82, 2.24) is 4.90 Å². The van der Waals surface area contributed by atoms with Crippen LogP contribution in [0.3, 0.4) is 0 Å². The highest BCUT2D eigenvalue weighted by Crippen LogP contribution is 2.40. The molecule has 1 fully saturated rings. The minimum Gasteiger partial charge on any atom is -0.454 e. The first kappa shape index (κ1) is 12.1. The molecule has 0 spiro atoms. The Morgan fingerprint density at radius 2 is 2.06 bits per heavy atom. The van der Waals surface area contributed by atoms with Crippen LogP contribution in [0.15, 0.2) is 12.1 Å². The van der Waals surface area contributed by atoms with Crippen molar-refractivity contribution in [3.63, 3.8) is 0 Å². The van der Waals surface area contributed by atoms with Crippen LogP contribution < -0.4 is 9.47 Å². The van der Waals surface area contributed by atoms with E-state index in [-0.39, 0.29) is 12.9 Å². The Balaban J connectivity index is 1.71. The number of aliphatic hydroxyl groups is 1. The summed E-state index contributed by atoms with van der Waals surface area (Å²) in [4.78, 5) is 2.32. The Kier molecular flexibility index (Phi) is 3.33. The average Bonchev–Trinajstić information content (AvgIpc) is 2.81. The highest BCUT2D eigenvalue weighted by atomic mass is 35.5. The van der Waals surface area contributed by atoms with E-state index < -0.39 is 0 Å². The molecule has 4 nitrogen and oxygen atoms in total. The van der Waals surface area contributed by atoms with Crippen molar-refractivity contribution in [2.75, 3.05) is 19.9 Å². The number of hydrogen-bond acceptors (Lipinski definition) is 4. The van der Waals surface area contributed by atoms with E-state index in [1.807, 2.05) is 12.1 Å². The van der Waals surface area contributed by atoms with Crippen molar-refractivity contribution in [2.45, 2.75) is 25.5 Å². The molecule has 0 saturated carbocycles. The highest BCUT2D eigenvalue weighted by molar-refractivity contribution is 6.32. The Labute approximate surface area is 111 Å². The van der Waals surface area contributed by atoms with Crippen molar-refractivity contribution in [2.24, 2.45) is 0 Å². The van der Waals surface area contributed by atoms with E-state index in [0.29, 0.717) is 10.8 Å². The third-order valence-corrected chi connectivity index (χ3v) is 3.73. The van der Waals surface area contributed by atoms with Gasteiger partial charge in [-0.15, -0.1) is 0 Å². The van der Waals surface area contributed by atoms with E-state index in [0.717, 1.165) is 43.8 Å². The molecule has 2 heterocycles. The summed E-state index contributed by atoms with van der Waals surface area (Å²) in [7, 11) is 0. The minimum absolute atomic E-state index is 0.137. The van der Waals surface area contributed by atoms with Crippen LogP contribution in [0.5, 0.6) is 11.5 Å². The van der Waals surface area contributed by atoms with Crippen molar-refractivity contribution < 1.29 is 14.6 Å². The predicted molar refractivity (Wildman–Crippen MR) is 68.1 cm³/mol. The lowest BCUT2D eigenvalue weighted by Crippen LogP contribution is -2.35. The largest absolute Gasteiger partial charge is 0.454 e. The maximum absolute atomic E-state index is 9.48. The third kappa shape index (κ3) is 2.41. The van der Waals surface area contributed by atoms with Crippen LogP contribution in [0.4, 0.5) is 0 Å². The molecule has 0 unspecified atom stereocenters. The molecule has 98 valence electrons. The molecular weight excluding hydrogens is 254 g/mol. The standard InChI is InChI=1S/C13H16ClNO3/c14-11-5-9(6-12-13(11)18-8-17-12)7-15-3-1-10(16)2-4-15/h5-6,10,16H,1-4,7-8H2. The van der Waals surface area contributed by atoms with E-state index in [1.54, 1.807) is 0 Å². The van der Waals surface area contributed by atoms with Crippen LogP contribution in [0.25, 0.3) is 0 Å². The van der Waals surface area contributed by atoms with E-state index in [9.17, 15) is 5.11 Å². The number of halogens is 1. The fourth-order valence-corrected chi connectivity index (χ4v) is 2.74. The van der Waals surface area contributed by atoms with Crippen molar-refractivity contribution in [3.8, 4) is 11.5 Å². The second-order valence-corrected chi connectivity index (χ2v) is 5.23. The van der Waals surface area contributed by atoms with Gasteiger partial charge in [-0.3, -0.25) is 4.90 Å². The summed E-state index contributed by atoms with van der Waals surface area (Å²) < 4.78 is 10.6. The first-order valence-electron chi connectivity index (χ1n) is 6.21. The van der Waals surface area contributed by atoms with E-state index >= 15 is 0 Å². The summed E-state index contributed by atoms with van der Waals surface area (Å²) in [5.74, 6) is 1.38. The van der Waals surface area contributed by atoms with Gasteiger partial charge < -0.3 is 14.6 Å². The fourth-order valence-electron chi connectivity index (χ4n) is 2.45. The lowest BCUT2D eigenvalue weighted by molar-refractivity contribution is 0.0792. The van der Waals surface area contributed by atoms with Crippen LogP contribution in [0.2, 0.25) is 5.02 Å². The van der Waals surface area contributed by atoms with Crippen LogP contribution in [-0.2, 0) is 6.54 Å². The molecule has 2 aliphatic rings. The number of hydrogen-bond donors (Lipinski definition) is 1. The molecule has 0 radical (unpaired) electrons. The number of piperidine rings is 1. The first-order valence-corrected chi connectivity index (χ1v) is 6.58. The molecule has 0 atom stereocenters. The van der Waals surface area contributed by atoms with Crippen LogP contribution in [0.1, 0.15) is 18.4 Å². The Morgan fingerprint density at radius 3 is 2.83 bits per heavy atom. The topological polar surface area (TPSA) is 41.9 Å².